The first kappa shape index (κ1) is 38.9. The maximum atomic E-state index is 14.4. The second kappa shape index (κ2) is 15.9. The van der Waals surface area contributed by atoms with Gasteiger partial charge < -0.3 is 24.6 Å². The zero-order valence-electron chi connectivity index (χ0n) is 33.5. The Morgan fingerprint density at radius 2 is 1.59 bits per heavy atom. The van der Waals surface area contributed by atoms with E-state index >= 15 is 0 Å². The van der Waals surface area contributed by atoms with Gasteiger partial charge in [-0.15, -0.1) is 0 Å². The van der Waals surface area contributed by atoms with Crippen LogP contribution in [0.5, 0.6) is 0 Å². The van der Waals surface area contributed by atoms with E-state index in [2.05, 4.69) is 50.5 Å². The van der Waals surface area contributed by atoms with Crippen molar-refractivity contribution in [1.29, 1.82) is 0 Å². The van der Waals surface area contributed by atoms with Crippen molar-refractivity contribution in [2.24, 2.45) is 0 Å². The molecule has 11 nitrogen and oxygen atoms in total. The molecule has 12 heteroatoms. The van der Waals surface area contributed by atoms with Crippen molar-refractivity contribution in [2.75, 3.05) is 18.4 Å². The highest BCUT2D eigenvalue weighted by molar-refractivity contribution is 7.19. The third kappa shape index (κ3) is 7.48. The van der Waals surface area contributed by atoms with Gasteiger partial charge in [0.05, 0.1) is 34.9 Å². The molecule has 9 rings (SSSR count). The van der Waals surface area contributed by atoms with Gasteiger partial charge in [0, 0.05) is 46.9 Å². The fourth-order valence-electron chi connectivity index (χ4n) is 9.83. The third-order valence-corrected chi connectivity index (χ3v) is 13.6. The van der Waals surface area contributed by atoms with Crippen LogP contribution in [0.4, 0.5) is 5.13 Å². The minimum absolute atomic E-state index is 0.00208. The summed E-state index contributed by atoms with van der Waals surface area (Å²) in [5.74, 6) is -1.27. The normalized spacial score (nSPS) is 20.3. The van der Waals surface area contributed by atoms with Crippen LogP contribution in [-0.2, 0) is 20.9 Å². The number of hydrogen-bond donors (Lipinski definition) is 3. The van der Waals surface area contributed by atoms with E-state index in [9.17, 15) is 24.3 Å². The second-order valence-corrected chi connectivity index (χ2v) is 17.8. The van der Waals surface area contributed by atoms with Gasteiger partial charge in [-0.25, -0.2) is 9.78 Å². The predicted molar refractivity (Wildman–Crippen MR) is 230 cm³/mol. The van der Waals surface area contributed by atoms with E-state index in [1.54, 1.807) is 30.5 Å². The van der Waals surface area contributed by atoms with Gasteiger partial charge in [0.2, 0.25) is 0 Å². The number of benzene rings is 3. The Morgan fingerprint density at radius 1 is 0.881 bits per heavy atom. The van der Waals surface area contributed by atoms with Crippen molar-refractivity contribution in [3.8, 4) is 21.7 Å². The van der Waals surface area contributed by atoms with Crippen LogP contribution in [-0.4, -0.2) is 74.1 Å². The second-order valence-electron chi connectivity index (χ2n) is 16.7. The van der Waals surface area contributed by atoms with Crippen LogP contribution in [0.15, 0.2) is 78.5 Å². The largest absolute Gasteiger partial charge is 0.478 e. The summed E-state index contributed by atoms with van der Waals surface area (Å²) >= 11 is 1.29. The SMILES string of the molecule is C[C@@H]1CN(C(=O)C2=Cc3ccccc3-c3c(C4CCCCC4)c4ccc(C(=O)NC5(C(=O)Nc6ncc(-c7ccc(C(=O)O)cc7)s6)CCCC5)cc4n3C2)C[C@H](C)O1. The fourth-order valence-corrected chi connectivity index (χ4v) is 10.6. The number of amides is 3. The molecule has 304 valence electrons. The fraction of sp³-hybridized carbons (Fsp3) is 0.383. The minimum Gasteiger partial charge on any atom is -0.478 e. The van der Waals surface area contributed by atoms with Crippen molar-refractivity contribution in [3.63, 3.8) is 0 Å². The third-order valence-electron chi connectivity index (χ3n) is 12.6. The molecule has 2 aromatic heterocycles. The van der Waals surface area contributed by atoms with Crippen LogP contribution >= 0.6 is 11.3 Å². The van der Waals surface area contributed by atoms with Crippen LogP contribution in [0.25, 0.3) is 38.7 Å². The number of carbonyl (C=O) groups excluding carboxylic acids is 3. The molecule has 0 spiro atoms. The Balaban J connectivity index is 1.05. The molecular weight excluding hydrogens is 763 g/mol. The summed E-state index contributed by atoms with van der Waals surface area (Å²) in [6.07, 6.45) is 11.9. The highest BCUT2D eigenvalue weighted by Crippen LogP contribution is 2.47. The number of anilines is 1. The first-order valence-corrected chi connectivity index (χ1v) is 21.7. The van der Waals surface area contributed by atoms with Crippen LogP contribution in [0, 0.1) is 0 Å². The number of aromatic nitrogens is 2. The van der Waals surface area contributed by atoms with E-state index in [0.717, 1.165) is 63.8 Å². The monoisotopic (exact) mass is 811 g/mol. The Kier molecular flexibility index (Phi) is 10.5. The van der Waals surface area contributed by atoms with Gasteiger partial charge in [-0.1, -0.05) is 85.9 Å². The van der Waals surface area contributed by atoms with Crippen LogP contribution in [0.2, 0.25) is 0 Å². The smallest absolute Gasteiger partial charge is 0.335 e. The number of morpholine rings is 1. The molecular formula is C47H49N5O6S. The Labute approximate surface area is 347 Å². The van der Waals surface area contributed by atoms with E-state index in [-0.39, 0.29) is 35.5 Å². The molecule has 59 heavy (non-hydrogen) atoms. The minimum atomic E-state index is -1.11. The number of fused-ring (bicyclic) bond motifs is 5. The summed E-state index contributed by atoms with van der Waals surface area (Å²) in [5, 5.41) is 16.9. The molecule has 0 unspecified atom stereocenters. The Hall–Kier alpha value is -5.59. The summed E-state index contributed by atoms with van der Waals surface area (Å²) in [6, 6.07) is 20.8. The number of rotatable bonds is 8. The van der Waals surface area contributed by atoms with Gasteiger partial charge in [0.1, 0.15) is 5.54 Å². The lowest BCUT2D eigenvalue weighted by Gasteiger charge is -2.35. The van der Waals surface area contributed by atoms with E-state index < -0.39 is 11.5 Å². The number of thiazole rings is 1. The molecule has 3 amide bonds. The molecule has 4 heterocycles. The molecule has 3 fully saturated rings. The molecule has 0 radical (unpaired) electrons. The van der Waals surface area contributed by atoms with E-state index in [0.29, 0.717) is 54.7 Å². The number of ether oxygens (including phenoxy) is 1. The molecule has 3 N–H and O–H groups in total. The molecule has 0 bridgehead atoms. The number of nitrogens with one attached hydrogen (secondary N) is 2. The number of carbonyl (C=O) groups is 4. The predicted octanol–water partition coefficient (Wildman–Crippen LogP) is 8.89. The number of aromatic carboxylic acids is 1. The highest BCUT2D eigenvalue weighted by Gasteiger charge is 2.43. The van der Waals surface area contributed by atoms with Crippen LogP contribution in [0.1, 0.15) is 109 Å². The van der Waals surface area contributed by atoms with Crippen molar-refractivity contribution in [1.82, 2.24) is 19.8 Å². The standard InChI is InChI=1S/C47H49N5O6S/c1-28-25-51(26-29(2)58-28)43(54)35-22-33-12-6-7-13-36(33)41-40(31-10-4-3-5-11-31)37-19-18-34(23-38(37)52(41)27-35)42(53)50-47(20-8-9-21-47)45(57)49-46-48-24-39(59-46)30-14-16-32(17-15-30)44(55)56/h6-7,12-19,22-24,28-29,31H,3-5,8-11,20-21,25-27H2,1-2H3,(H,50,53)(H,55,56)(H,48,49,57)/t28-,29+. The molecule has 2 aliphatic carbocycles. The molecule has 1 saturated heterocycles. The first-order valence-electron chi connectivity index (χ1n) is 20.9. The molecule has 2 saturated carbocycles. The van der Waals surface area contributed by atoms with Crippen molar-refractivity contribution < 1.29 is 29.0 Å². The molecule has 2 aliphatic heterocycles. The lowest BCUT2D eigenvalue weighted by Crippen LogP contribution is -2.55. The van der Waals surface area contributed by atoms with E-state index in [1.165, 1.54) is 36.2 Å². The Bertz CT molecular complexity index is 2480. The van der Waals surface area contributed by atoms with Crippen LogP contribution < -0.4 is 10.6 Å². The average molecular weight is 812 g/mol. The lowest BCUT2D eigenvalue weighted by atomic mass is 9.81. The summed E-state index contributed by atoms with van der Waals surface area (Å²) in [6.45, 7) is 5.44. The van der Waals surface area contributed by atoms with Gasteiger partial charge >= 0.3 is 5.97 Å². The van der Waals surface area contributed by atoms with Gasteiger partial charge in [-0.2, -0.15) is 0 Å². The van der Waals surface area contributed by atoms with Gasteiger partial charge in [-0.3, -0.25) is 19.7 Å². The van der Waals surface area contributed by atoms with Gasteiger partial charge in [-0.05, 0) is 92.5 Å². The number of carboxylic acid groups (broad SMARTS) is 1. The molecule has 4 aliphatic rings. The number of nitrogens with zero attached hydrogens (tertiary/aromatic N) is 3. The molecule has 5 aromatic rings. The van der Waals surface area contributed by atoms with E-state index in [1.807, 2.05) is 36.9 Å². The maximum Gasteiger partial charge on any atom is 0.335 e. The van der Waals surface area contributed by atoms with Gasteiger partial charge in [0.25, 0.3) is 17.7 Å². The number of carboxylic acids is 1. The summed E-state index contributed by atoms with van der Waals surface area (Å²) in [7, 11) is 0. The van der Waals surface area contributed by atoms with Gasteiger partial charge in [0.15, 0.2) is 5.13 Å². The average Bonchev–Trinajstić information content (AvgIpc) is 3.96. The summed E-state index contributed by atoms with van der Waals surface area (Å²) in [5.41, 5.74) is 6.45. The topological polar surface area (TPSA) is 143 Å². The first-order chi connectivity index (χ1) is 28.6. The zero-order chi connectivity index (χ0) is 40.8. The molecule has 2 atom stereocenters. The zero-order valence-corrected chi connectivity index (χ0v) is 34.3. The molecule has 3 aromatic carbocycles. The van der Waals surface area contributed by atoms with Crippen molar-refractivity contribution >= 4 is 57.1 Å². The number of hydrogen-bond acceptors (Lipinski definition) is 7. The van der Waals surface area contributed by atoms with Crippen molar-refractivity contribution in [3.05, 3.63) is 101 Å². The quantitative estimate of drug-likeness (QED) is 0.142. The lowest BCUT2D eigenvalue weighted by molar-refractivity contribution is -0.139. The summed E-state index contributed by atoms with van der Waals surface area (Å²) in [4.78, 5) is 61.4. The van der Waals surface area contributed by atoms with E-state index in [4.69, 9.17) is 4.74 Å². The Morgan fingerprint density at radius 3 is 2.32 bits per heavy atom. The maximum absolute atomic E-state index is 14.4. The highest BCUT2D eigenvalue weighted by atomic mass is 32.1. The van der Waals surface area contributed by atoms with Crippen molar-refractivity contribution in [2.45, 2.75) is 102 Å². The summed E-state index contributed by atoms with van der Waals surface area (Å²) < 4.78 is 8.25. The van der Waals surface area contributed by atoms with Crippen LogP contribution in [0.3, 0.4) is 0 Å².